The Hall–Kier alpha value is -3.51. The lowest BCUT2D eigenvalue weighted by Crippen LogP contribution is -2.18. The van der Waals surface area contributed by atoms with Crippen molar-refractivity contribution in [2.45, 2.75) is 53.4 Å². The number of rotatable bonds is 6. The number of hydrogen-bond donors (Lipinski definition) is 1. The molecular formula is C31H32N2O3S. The summed E-state index contributed by atoms with van der Waals surface area (Å²) in [6, 6.07) is 15.9. The fourth-order valence-corrected chi connectivity index (χ4v) is 6.61. The molecule has 2 aromatic heterocycles. The first-order chi connectivity index (χ1) is 17.9. The molecule has 190 valence electrons. The lowest BCUT2D eigenvalue weighted by Gasteiger charge is -2.21. The molecule has 6 heteroatoms. The molecule has 5 nitrogen and oxygen atoms in total. The number of carbonyl (C=O) groups is 2. The van der Waals surface area contributed by atoms with Crippen molar-refractivity contribution in [2.75, 3.05) is 11.9 Å². The van der Waals surface area contributed by atoms with Crippen LogP contribution in [-0.2, 0) is 17.6 Å². The number of para-hydroxylation sites is 1. The van der Waals surface area contributed by atoms with E-state index in [4.69, 9.17) is 9.72 Å². The molecule has 2 heterocycles. The fourth-order valence-electron chi connectivity index (χ4n) is 5.27. The van der Waals surface area contributed by atoms with E-state index in [0.717, 1.165) is 59.0 Å². The third-order valence-electron chi connectivity index (χ3n) is 7.34. The second-order valence-corrected chi connectivity index (χ2v) is 10.8. The average Bonchev–Trinajstić information content (AvgIpc) is 3.25. The quantitative estimate of drug-likeness (QED) is 0.271. The zero-order valence-corrected chi connectivity index (χ0v) is 22.6. The SMILES string of the molecule is CCOC(=O)c1c(NC(=O)c2c(C)c(-c3ccc(C)cc3)nc3ccccc23)sc2c1CCC(CC)C2. The van der Waals surface area contributed by atoms with Crippen molar-refractivity contribution >= 4 is 39.1 Å². The number of ether oxygens (including phenoxy) is 1. The Kier molecular flexibility index (Phi) is 7.11. The molecule has 0 spiro atoms. The number of fused-ring (bicyclic) bond motifs is 2. The lowest BCUT2D eigenvalue weighted by molar-refractivity contribution is 0.0526. The highest BCUT2D eigenvalue weighted by Crippen LogP contribution is 2.41. The van der Waals surface area contributed by atoms with Crippen LogP contribution in [0.5, 0.6) is 0 Å². The first-order valence-corrected chi connectivity index (χ1v) is 13.8. The van der Waals surface area contributed by atoms with Gasteiger partial charge in [0.25, 0.3) is 5.91 Å². The number of nitrogens with one attached hydrogen (secondary N) is 1. The average molecular weight is 513 g/mol. The van der Waals surface area contributed by atoms with E-state index in [1.807, 2.05) is 50.2 Å². The van der Waals surface area contributed by atoms with Gasteiger partial charge in [-0.3, -0.25) is 4.79 Å². The lowest BCUT2D eigenvalue weighted by atomic mass is 9.85. The number of aryl methyl sites for hydroxylation is 1. The van der Waals surface area contributed by atoms with Gasteiger partial charge in [-0.15, -0.1) is 11.3 Å². The number of esters is 1. The minimum absolute atomic E-state index is 0.236. The fraction of sp³-hybridized carbons (Fsp3) is 0.323. The number of pyridine rings is 1. The Morgan fingerprint density at radius 3 is 2.54 bits per heavy atom. The van der Waals surface area contributed by atoms with Crippen molar-refractivity contribution in [3.8, 4) is 11.3 Å². The highest BCUT2D eigenvalue weighted by molar-refractivity contribution is 7.17. The predicted octanol–water partition coefficient (Wildman–Crippen LogP) is 7.52. The molecule has 0 bridgehead atoms. The monoisotopic (exact) mass is 512 g/mol. The van der Waals surface area contributed by atoms with E-state index in [-0.39, 0.29) is 11.9 Å². The maximum atomic E-state index is 14.0. The molecule has 4 aromatic rings. The van der Waals surface area contributed by atoms with E-state index < -0.39 is 0 Å². The molecule has 2 aromatic carbocycles. The maximum Gasteiger partial charge on any atom is 0.341 e. The van der Waals surface area contributed by atoms with Crippen molar-refractivity contribution in [2.24, 2.45) is 5.92 Å². The van der Waals surface area contributed by atoms with E-state index in [1.54, 1.807) is 6.92 Å². The number of nitrogens with zero attached hydrogens (tertiary/aromatic N) is 1. The topological polar surface area (TPSA) is 68.3 Å². The summed E-state index contributed by atoms with van der Waals surface area (Å²) in [5.41, 5.74) is 6.63. The standard InChI is InChI=1S/C31H32N2O3S/c1-5-20-13-16-23-25(17-20)37-30(27(23)31(35)36-6-2)33-29(34)26-19(4)28(21-14-11-18(3)12-15-21)32-24-10-8-7-9-22(24)26/h7-12,14-15,20H,5-6,13,16-17H2,1-4H3,(H,33,34). The molecule has 0 aliphatic heterocycles. The Bertz CT molecular complexity index is 1490. The molecule has 0 saturated heterocycles. The second kappa shape index (κ2) is 10.5. The van der Waals surface area contributed by atoms with Gasteiger partial charge in [-0.1, -0.05) is 61.4 Å². The summed E-state index contributed by atoms with van der Waals surface area (Å²) in [6.07, 6.45) is 3.93. The van der Waals surface area contributed by atoms with E-state index in [0.29, 0.717) is 28.7 Å². The first-order valence-electron chi connectivity index (χ1n) is 13.0. The van der Waals surface area contributed by atoms with E-state index in [9.17, 15) is 9.59 Å². The molecular weight excluding hydrogens is 480 g/mol. The Morgan fingerprint density at radius 1 is 1.05 bits per heavy atom. The van der Waals surface area contributed by atoms with Gasteiger partial charge in [-0.25, -0.2) is 9.78 Å². The van der Waals surface area contributed by atoms with Crippen LogP contribution in [-0.4, -0.2) is 23.5 Å². The van der Waals surface area contributed by atoms with E-state index in [2.05, 4.69) is 24.4 Å². The Morgan fingerprint density at radius 2 is 1.81 bits per heavy atom. The summed E-state index contributed by atoms with van der Waals surface area (Å²) in [4.78, 5) is 33.1. The molecule has 1 aliphatic carbocycles. The van der Waals surface area contributed by atoms with Crippen LogP contribution in [0.4, 0.5) is 5.00 Å². The van der Waals surface area contributed by atoms with Crippen molar-refractivity contribution in [1.29, 1.82) is 0 Å². The zero-order valence-electron chi connectivity index (χ0n) is 21.8. The molecule has 37 heavy (non-hydrogen) atoms. The number of carbonyl (C=O) groups excluding carboxylic acids is 2. The summed E-state index contributed by atoms with van der Waals surface area (Å²) in [5.74, 6) is 0.00995. The third-order valence-corrected chi connectivity index (χ3v) is 8.51. The summed E-state index contributed by atoms with van der Waals surface area (Å²) < 4.78 is 5.42. The van der Waals surface area contributed by atoms with Gasteiger partial charge < -0.3 is 10.1 Å². The molecule has 1 unspecified atom stereocenters. The zero-order chi connectivity index (χ0) is 26.1. The van der Waals surface area contributed by atoms with E-state index >= 15 is 0 Å². The van der Waals surface area contributed by atoms with Crippen molar-refractivity contribution in [1.82, 2.24) is 4.98 Å². The van der Waals surface area contributed by atoms with Gasteiger partial charge in [0.1, 0.15) is 5.00 Å². The van der Waals surface area contributed by atoms with Crippen LogP contribution >= 0.6 is 11.3 Å². The Balaban J connectivity index is 1.61. The molecule has 0 saturated carbocycles. The van der Waals surface area contributed by atoms with Gasteiger partial charge in [0.2, 0.25) is 0 Å². The van der Waals surface area contributed by atoms with Crippen LogP contribution in [0.15, 0.2) is 48.5 Å². The number of benzene rings is 2. The summed E-state index contributed by atoms with van der Waals surface area (Å²) >= 11 is 1.52. The van der Waals surface area contributed by atoms with Crippen molar-refractivity contribution < 1.29 is 14.3 Å². The van der Waals surface area contributed by atoms with Crippen LogP contribution < -0.4 is 5.32 Å². The normalized spacial score (nSPS) is 14.9. The van der Waals surface area contributed by atoms with Crippen LogP contribution in [0.25, 0.3) is 22.2 Å². The summed E-state index contributed by atoms with van der Waals surface area (Å²) in [6.45, 7) is 8.31. The molecule has 0 radical (unpaired) electrons. The van der Waals surface area contributed by atoms with Crippen molar-refractivity contribution in [3.63, 3.8) is 0 Å². The van der Waals surface area contributed by atoms with Crippen LogP contribution in [0.1, 0.15) is 69.0 Å². The van der Waals surface area contributed by atoms with Crippen LogP contribution in [0.2, 0.25) is 0 Å². The number of amides is 1. The molecule has 1 atom stereocenters. The first kappa shape index (κ1) is 25.2. The van der Waals surface area contributed by atoms with Gasteiger partial charge in [0.05, 0.1) is 28.9 Å². The number of hydrogen-bond acceptors (Lipinski definition) is 5. The molecule has 0 fully saturated rings. The number of anilines is 1. The highest BCUT2D eigenvalue weighted by atomic mass is 32.1. The van der Waals surface area contributed by atoms with Gasteiger partial charge in [-0.05, 0) is 63.1 Å². The Labute approximate surface area is 221 Å². The number of aromatic nitrogens is 1. The van der Waals surface area contributed by atoms with Crippen molar-refractivity contribution in [3.05, 3.63) is 81.2 Å². The van der Waals surface area contributed by atoms with Crippen LogP contribution in [0, 0.1) is 19.8 Å². The van der Waals surface area contributed by atoms with E-state index in [1.165, 1.54) is 21.8 Å². The van der Waals surface area contributed by atoms with Gasteiger partial charge in [0, 0.05) is 15.8 Å². The predicted molar refractivity (Wildman–Crippen MR) is 151 cm³/mol. The largest absolute Gasteiger partial charge is 0.462 e. The minimum atomic E-state index is -0.359. The molecule has 1 N–H and O–H groups in total. The highest BCUT2D eigenvalue weighted by Gasteiger charge is 2.30. The van der Waals surface area contributed by atoms with Gasteiger partial charge in [0.15, 0.2) is 0 Å². The molecule has 1 amide bonds. The molecule has 1 aliphatic rings. The van der Waals surface area contributed by atoms with Gasteiger partial charge in [-0.2, -0.15) is 0 Å². The van der Waals surface area contributed by atoms with Crippen LogP contribution in [0.3, 0.4) is 0 Å². The second-order valence-electron chi connectivity index (χ2n) is 9.74. The van der Waals surface area contributed by atoms with Gasteiger partial charge >= 0.3 is 5.97 Å². The summed E-state index contributed by atoms with van der Waals surface area (Å²) in [5, 5.41) is 4.50. The smallest absolute Gasteiger partial charge is 0.341 e. The molecule has 5 rings (SSSR count). The maximum absolute atomic E-state index is 14.0. The number of thiophene rings is 1. The third kappa shape index (κ3) is 4.78. The minimum Gasteiger partial charge on any atom is -0.462 e. The summed E-state index contributed by atoms with van der Waals surface area (Å²) in [7, 11) is 0.